The van der Waals surface area contributed by atoms with Gasteiger partial charge in [0.05, 0.1) is 10.6 Å². The minimum Gasteiger partial charge on any atom is -0.340 e. The van der Waals surface area contributed by atoms with Crippen LogP contribution in [0.2, 0.25) is 5.02 Å². The van der Waals surface area contributed by atoms with Crippen LogP contribution in [0.1, 0.15) is 36.1 Å². The van der Waals surface area contributed by atoms with Crippen LogP contribution in [-0.4, -0.2) is 22.3 Å². The number of nitrogens with zero attached hydrogens (tertiary/aromatic N) is 2. The second-order valence-corrected chi connectivity index (χ2v) is 7.65. The van der Waals surface area contributed by atoms with Gasteiger partial charge in [0.1, 0.15) is 6.04 Å². The number of hydrogen-bond acceptors (Lipinski definition) is 5. The van der Waals surface area contributed by atoms with Gasteiger partial charge in [-0.05, 0) is 30.4 Å². The first-order valence-electron chi connectivity index (χ1n) is 8.53. The van der Waals surface area contributed by atoms with Crippen LogP contribution >= 0.6 is 23.4 Å². The molecule has 0 aliphatic heterocycles. The van der Waals surface area contributed by atoms with Crippen LogP contribution in [0.5, 0.6) is 0 Å². The van der Waals surface area contributed by atoms with Crippen molar-refractivity contribution in [1.82, 2.24) is 15.5 Å². The van der Waals surface area contributed by atoms with Gasteiger partial charge in [0.2, 0.25) is 11.7 Å². The molecule has 27 heavy (non-hydrogen) atoms. The standard InChI is InChI=1S/C20H20ClN3O2S/c1-12(2)17(20-23-18(24-26-20)13-7-5-4-6-8-13)22-19(25)15-11-14(27-3)9-10-16(15)21/h4-12,17H,1-3H3,(H,22,25)/t17-/m0/s1. The summed E-state index contributed by atoms with van der Waals surface area (Å²) in [6.07, 6.45) is 1.95. The van der Waals surface area contributed by atoms with Gasteiger partial charge in [-0.3, -0.25) is 4.79 Å². The second kappa shape index (κ2) is 8.59. The number of thioether (sulfide) groups is 1. The molecule has 0 bridgehead atoms. The molecular weight excluding hydrogens is 382 g/mol. The molecule has 0 unspecified atom stereocenters. The van der Waals surface area contributed by atoms with E-state index in [4.69, 9.17) is 16.1 Å². The molecule has 0 aliphatic carbocycles. The summed E-state index contributed by atoms with van der Waals surface area (Å²) in [4.78, 5) is 18.2. The van der Waals surface area contributed by atoms with Crippen molar-refractivity contribution in [2.75, 3.05) is 6.26 Å². The van der Waals surface area contributed by atoms with Crippen LogP contribution in [0, 0.1) is 5.92 Å². The summed E-state index contributed by atoms with van der Waals surface area (Å²) in [5.41, 5.74) is 1.29. The summed E-state index contributed by atoms with van der Waals surface area (Å²) in [6, 6.07) is 14.5. The number of halogens is 1. The molecule has 0 spiro atoms. The Bertz CT molecular complexity index is 928. The van der Waals surface area contributed by atoms with E-state index >= 15 is 0 Å². The molecule has 5 nitrogen and oxygen atoms in total. The van der Waals surface area contributed by atoms with Gasteiger partial charge in [0.25, 0.3) is 5.91 Å². The highest BCUT2D eigenvalue weighted by Gasteiger charge is 2.26. The van der Waals surface area contributed by atoms with E-state index in [1.54, 1.807) is 23.9 Å². The van der Waals surface area contributed by atoms with Crippen LogP contribution in [0.15, 0.2) is 57.9 Å². The van der Waals surface area contributed by atoms with Crippen molar-refractivity contribution >= 4 is 29.3 Å². The third-order valence-electron chi connectivity index (χ3n) is 4.11. The van der Waals surface area contributed by atoms with Crippen LogP contribution in [0.4, 0.5) is 0 Å². The van der Waals surface area contributed by atoms with E-state index in [-0.39, 0.29) is 11.8 Å². The smallest absolute Gasteiger partial charge is 0.253 e. The average molecular weight is 402 g/mol. The highest BCUT2D eigenvalue weighted by Crippen LogP contribution is 2.26. The molecule has 0 aliphatic rings. The average Bonchev–Trinajstić information content (AvgIpc) is 3.16. The maximum absolute atomic E-state index is 12.8. The predicted molar refractivity (Wildman–Crippen MR) is 108 cm³/mol. The van der Waals surface area contributed by atoms with Crippen molar-refractivity contribution < 1.29 is 9.32 Å². The molecule has 0 saturated heterocycles. The molecule has 2 aromatic carbocycles. The van der Waals surface area contributed by atoms with Crippen molar-refractivity contribution in [3.63, 3.8) is 0 Å². The summed E-state index contributed by atoms with van der Waals surface area (Å²) in [7, 11) is 0. The molecular formula is C20H20ClN3O2S. The van der Waals surface area contributed by atoms with Gasteiger partial charge < -0.3 is 9.84 Å². The van der Waals surface area contributed by atoms with E-state index in [2.05, 4.69) is 15.5 Å². The van der Waals surface area contributed by atoms with Gasteiger partial charge in [0, 0.05) is 10.5 Å². The topological polar surface area (TPSA) is 68.0 Å². The zero-order chi connectivity index (χ0) is 19.4. The zero-order valence-electron chi connectivity index (χ0n) is 15.3. The molecule has 1 aromatic heterocycles. The Hall–Kier alpha value is -2.31. The molecule has 1 atom stereocenters. The highest BCUT2D eigenvalue weighted by molar-refractivity contribution is 7.98. The molecule has 7 heteroatoms. The number of nitrogens with one attached hydrogen (secondary N) is 1. The number of benzene rings is 2. The lowest BCUT2D eigenvalue weighted by Crippen LogP contribution is -2.32. The third kappa shape index (κ3) is 4.51. The normalized spacial score (nSPS) is 12.2. The van der Waals surface area contributed by atoms with E-state index in [1.165, 1.54) is 0 Å². The van der Waals surface area contributed by atoms with Gasteiger partial charge in [-0.2, -0.15) is 4.98 Å². The van der Waals surface area contributed by atoms with Gasteiger partial charge in [0.15, 0.2) is 0 Å². The summed E-state index contributed by atoms with van der Waals surface area (Å²) >= 11 is 7.77. The van der Waals surface area contributed by atoms with Crippen molar-refractivity contribution in [1.29, 1.82) is 0 Å². The molecule has 0 saturated carbocycles. The quantitative estimate of drug-likeness (QED) is 0.572. The van der Waals surface area contributed by atoms with Crippen molar-refractivity contribution in [2.24, 2.45) is 5.92 Å². The minimum atomic E-state index is -0.420. The Morgan fingerprint density at radius 3 is 2.59 bits per heavy atom. The van der Waals surface area contributed by atoms with Crippen molar-refractivity contribution in [3.8, 4) is 11.4 Å². The number of carbonyl (C=O) groups is 1. The van der Waals surface area contributed by atoms with E-state index in [0.717, 1.165) is 10.5 Å². The monoisotopic (exact) mass is 401 g/mol. The second-order valence-electron chi connectivity index (χ2n) is 6.36. The Morgan fingerprint density at radius 1 is 1.19 bits per heavy atom. The Balaban J connectivity index is 1.85. The van der Waals surface area contributed by atoms with Crippen molar-refractivity contribution in [3.05, 3.63) is 65.0 Å². The maximum atomic E-state index is 12.8. The lowest BCUT2D eigenvalue weighted by atomic mass is 10.0. The first-order valence-corrected chi connectivity index (χ1v) is 10.1. The van der Waals surface area contributed by atoms with E-state index in [0.29, 0.717) is 22.3 Å². The van der Waals surface area contributed by atoms with Gasteiger partial charge in [-0.15, -0.1) is 11.8 Å². The zero-order valence-corrected chi connectivity index (χ0v) is 16.8. The first kappa shape index (κ1) is 19.5. The van der Waals surface area contributed by atoms with Crippen LogP contribution < -0.4 is 5.32 Å². The number of carbonyl (C=O) groups excluding carboxylic acids is 1. The van der Waals surface area contributed by atoms with Crippen molar-refractivity contribution in [2.45, 2.75) is 24.8 Å². The SMILES string of the molecule is CSc1ccc(Cl)c(C(=O)N[C@H](c2nc(-c3ccccc3)no2)C(C)C)c1. The predicted octanol–water partition coefficient (Wildman–Crippen LogP) is 5.24. The summed E-state index contributed by atoms with van der Waals surface area (Å²) in [6.45, 7) is 3.97. The van der Waals surface area contributed by atoms with E-state index in [9.17, 15) is 4.79 Å². The summed E-state index contributed by atoms with van der Waals surface area (Å²) in [5, 5.41) is 7.43. The minimum absolute atomic E-state index is 0.0560. The van der Waals surface area contributed by atoms with Gasteiger partial charge >= 0.3 is 0 Å². The summed E-state index contributed by atoms with van der Waals surface area (Å²) < 4.78 is 5.44. The number of rotatable bonds is 6. The molecule has 1 N–H and O–H groups in total. The van der Waals surface area contributed by atoms with Crippen LogP contribution in [0.25, 0.3) is 11.4 Å². The summed E-state index contributed by atoms with van der Waals surface area (Å²) in [5.74, 6) is 0.650. The molecule has 1 heterocycles. The number of aromatic nitrogens is 2. The fourth-order valence-corrected chi connectivity index (χ4v) is 3.25. The van der Waals surface area contributed by atoms with E-state index in [1.807, 2.05) is 56.5 Å². The molecule has 3 aromatic rings. The fourth-order valence-electron chi connectivity index (χ4n) is 2.60. The molecule has 3 rings (SSSR count). The first-order chi connectivity index (χ1) is 13.0. The van der Waals surface area contributed by atoms with Crippen LogP contribution in [0.3, 0.4) is 0 Å². The molecule has 0 radical (unpaired) electrons. The van der Waals surface area contributed by atoms with Gasteiger partial charge in [-0.1, -0.05) is 60.9 Å². The molecule has 140 valence electrons. The van der Waals surface area contributed by atoms with E-state index < -0.39 is 6.04 Å². The Kier molecular flexibility index (Phi) is 6.19. The molecule has 0 fully saturated rings. The highest BCUT2D eigenvalue weighted by atomic mass is 35.5. The fraction of sp³-hybridized carbons (Fsp3) is 0.250. The maximum Gasteiger partial charge on any atom is 0.253 e. The largest absolute Gasteiger partial charge is 0.340 e. The van der Waals surface area contributed by atoms with Crippen LogP contribution in [-0.2, 0) is 0 Å². The number of hydrogen-bond donors (Lipinski definition) is 1. The number of amides is 1. The van der Waals surface area contributed by atoms with Gasteiger partial charge in [-0.25, -0.2) is 0 Å². The Labute approximate surface area is 167 Å². The lowest BCUT2D eigenvalue weighted by Gasteiger charge is -2.19. The Morgan fingerprint density at radius 2 is 1.93 bits per heavy atom. The lowest BCUT2D eigenvalue weighted by molar-refractivity contribution is 0.0914. The molecule has 1 amide bonds. The third-order valence-corrected chi connectivity index (χ3v) is 5.17.